The predicted molar refractivity (Wildman–Crippen MR) is 74.7 cm³/mol. The monoisotopic (exact) mass is 359 g/mol. The molecule has 0 aliphatic rings. The Balaban J connectivity index is 2.34. The van der Waals surface area contributed by atoms with Crippen molar-refractivity contribution >= 4 is 27.3 Å². The van der Waals surface area contributed by atoms with E-state index in [1.54, 1.807) is 11.3 Å². The highest BCUT2D eigenvalue weighted by molar-refractivity contribution is 9.10. The Morgan fingerprint density at radius 3 is 2.74 bits per heavy atom. The van der Waals surface area contributed by atoms with Crippen LogP contribution in [0.4, 0.5) is 13.2 Å². The number of hydrogen-bond acceptors (Lipinski definition) is 3. The first kappa shape index (κ1) is 16.9. The van der Waals surface area contributed by atoms with Gasteiger partial charge < -0.3 is 10.1 Å². The molecule has 1 atom stereocenters. The van der Waals surface area contributed by atoms with Crippen molar-refractivity contribution in [3.8, 4) is 0 Å². The summed E-state index contributed by atoms with van der Waals surface area (Å²) in [4.78, 5) is 1.20. The topological polar surface area (TPSA) is 21.3 Å². The van der Waals surface area contributed by atoms with Gasteiger partial charge in [0.15, 0.2) is 0 Å². The van der Waals surface area contributed by atoms with Gasteiger partial charge in [0.05, 0.1) is 0 Å². The molecule has 110 valence electrons. The lowest BCUT2D eigenvalue weighted by Crippen LogP contribution is -2.32. The number of thiophene rings is 1. The third-order valence-electron chi connectivity index (χ3n) is 2.49. The van der Waals surface area contributed by atoms with Crippen LogP contribution in [-0.2, 0) is 11.2 Å². The number of nitrogens with one attached hydrogen (secondary N) is 1. The highest BCUT2D eigenvalue weighted by Gasteiger charge is 2.27. The van der Waals surface area contributed by atoms with Gasteiger partial charge in [-0.2, -0.15) is 13.2 Å². The van der Waals surface area contributed by atoms with E-state index in [-0.39, 0.29) is 12.6 Å². The van der Waals surface area contributed by atoms with Crippen molar-refractivity contribution < 1.29 is 17.9 Å². The van der Waals surface area contributed by atoms with Crippen LogP contribution in [0.5, 0.6) is 0 Å². The van der Waals surface area contributed by atoms with Crippen LogP contribution in [-0.4, -0.2) is 32.0 Å². The molecular formula is C12H17BrF3NOS. The summed E-state index contributed by atoms with van der Waals surface area (Å²) < 4.78 is 41.5. The summed E-state index contributed by atoms with van der Waals surface area (Å²) in [6.45, 7) is 1.70. The van der Waals surface area contributed by atoms with Gasteiger partial charge in [-0.1, -0.05) is 6.92 Å². The van der Waals surface area contributed by atoms with Crippen molar-refractivity contribution in [1.82, 2.24) is 5.32 Å². The molecule has 1 rings (SSSR count). The number of ether oxygens (including phenoxy) is 1. The van der Waals surface area contributed by atoms with E-state index in [9.17, 15) is 13.2 Å². The molecule has 7 heteroatoms. The van der Waals surface area contributed by atoms with Gasteiger partial charge in [0.25, 0.3) is 0 Å². The fraction of sp³-hybridized carbons (Fsp3) is 0.667. The smallest absolute Gasteiger partial charge is 0.372 e. The Hall–Kier alpha value is -0.110. The summed E-state index contributed by atoms with van der Waals surface area (Å²) in [7, 11) is 0. The lowest BCUT2D eigenvalue weighted by Gasteiger charge is -2.17. The Morgan fingerprint density at radius 2 is 2.21 bits per heavy atom. The molecule has 1 heterocycles. The lowest BCUT2D eigenvalue weighted by molar-refractivity contribution is -0.174. The maximum atomic E-state index is 11.9. The molecule has 19 heavy (non-hydrogen) atoms. The SMILES string of the molecule is CCNC(CCOCC(F)(F)F)Cc1sccc1Br. The van der Waals surface area contributed by atoms with Gasteiger partial charge >= 0.3 is 6.18 Å². The number of hydrogen-bond donors (Lipinski definition) is 1. The number of halogens is 4. The molecule has 0 saturated carbocycles. The molecule has 0 spiro atoms. The van der Waals surface area contributed by atoms with Gasteiger partial charge in [-0.15, -0.1) is 11.3 Å². The minimum atomic E-state index is -4.25. The van der Waals surface area contributed by atoms with E-state index in [1.807, 2.05) is 18.4 Å². The van der Waals surface area contributed by atoms with Crippen molar-refractivity contribution in [2.45, 2.75) is 32.0 Å². The highest BCUT2D eigenvalue weighted by Crippen LogP contribution is 2.24. The van der Waals surface area contributed by atoms with Crippen molar-refractivity contribution in [1.29, 1.82) is 0 Å². The first-order valence-electron chi connectivity index (χ1n) is 6.02. The maximum Gasteiger partial charge on any atom is 0.411 e. The summed E-state index contributed by atoms with van der Waals surface area (Å²) in [6, 6.07) is 2.11. The molecule has 1 unspecified atom stereocenters. The summed E-state index contributed by atoms with van der Waals surface area (Å²) in [5.41, 5.74) is 0. The average Bonchev–Trinajstić information content (AvgIpc) is 2.69. The van der Waals surface area contributed by atoms with Gasteiger partial charge in [0.1, 0.15) is 6.61 Å². The molecule has 0 aliphatic heterocycles. The van der Waals surface area contributed by atoms with Gasteiger partial charge in [-0.05, 0) is 46.8 Å². The second-order valence-electron chi connectivity index (χ2n) is 4.11. The van der Waals surface area contributed by atoms with E-state index >= 15 is 0 Å². The van der Waals surface area contributed by atoms with Crippen molar-refractivity contribution in [2.75, 3.05) is 19.8 Å². The second kappa shape index (κ2) is 8.24. The van der Waals surface area contributed by atoms with Gasteiger partial charge in [0, 0.05) is 22.0 Å². The van der Waals surface area contributed by atoms with Crippen LogP contribution in [0, 0.1) is 0 Å². The van der Waals surface area contributed by atoms with E-state index < -0.39 is 12.8 Å². The lowest BCUT2D eigenvalue weighted by atomic mass is 10.1. The van der Waals surface area contributed by atoms with E-state index in [1.165, 1.54) is 4.88 Å². The molecule has 2 nitrogen and oxygen atoms in total. The molecule has 1 aromatic rings. The van der Waals surface area contributed by atoms with Crippen LogP contribution in [0.15, 0.2) is 15.9 Å². The Labute approximate surface area is 123 Å². The van der Waals surface area contributed by atoms with Crippen LogP contribution in [0.1, 0.15) is 18.2 Å². The van der Waals surface area contributed by atoms with Crippen molar-refractivity contribution in [2.24, 2.45) is 0 Å². The Kier molecular flexibility index (Phi) is 7.35. The van der Waals surface area contributed by atoms with Crippen LogP contribution >= 0.6 is 27.3 Å². The number of likely N-dealkylation sites (N-methyl/N-ethyl adjacent to an activating group) is 1. The number of alkyl halides is 3. The van der Waals surface area contributed by atoms with Crippen LogP contribution < -0.4 is 5.32 Å². The molecule has 0 aliphatic carbocycles. The van der Waals surface area contributed by atoms with E-state index in [0.717, 1.165) is 17.4 Å². The summed E-state index contributed by atoms with van der Waals surface area (Å²) in [5.74, 6) is 0. The van der Waals surface area contributed by atoms with Gasteiger partial charge in [0.2, 0.25) is 0 Å². The Morgan fingerprint density at radius 1 is 1.47 bits per heavy atom. The second-order valence-corrected chi connectivity index (χ2v) is 5.96. The Bertz CT molecular complexity index is 370. The van der Waals surface area contributed by atoms with E-state index in [2.05, 4.69) is 26.0 Å². The summed E-state index contributed by atoms with van der Waals surface area (Å²) in [6.07, 6.45) is -2.89. The van der Waals surface area contributed by atoms with Gasteiger partial charge in [-0.3, -0.25) is 0 Å². The molecule has 0 amide bonds. The minimum Gasteiger partial charge on any atom is -0.372 e. The normalized spacial score (nSPS) is 13.7. The molecule has 1 N–H and O–H groups in total. The quantitative estimate of drug-likeness (QED) is 0.708. The average molecular weight is 360 g/mol. The molecule has 0 fully saturated rings. The zero-order valence-corrected chi connectivity index (χ0v) is 13.0. The molecule has 0 saturated heterocycles. The first-order valence-corrected chi connectivity index (χ1v) is 7.69. The molecule has 1 aromatic heterocycles. The summed E-state index contributed by atoms with van der Waals surface area (Å²) >= 11 is 5.10. The van der Waals surface area contributed by atoms with Crippen molar-refractivity contribution in [3.63, 3.8) is 0 Å². The highest BCUT2D eigenvalue weighted by atomic mass is 79.9. The minimum absolute atomic E-state index is 0.111. The fourth-order valence-electron chi connectivity index (χ4n) is 1.67. The summed E-state index contributed by atoms with van der Waals surface area (Å²) in [5, 5.41) is 5.26. The predicted octanol–water partition coefficient (Wildman–Crippen LogP) is 4.00. The first-order chi connectivity index (χ1) is 8.92. The van der Waals surface area contributed by atoms with Crippen molar-refractivity contribution in [3.05, 3.63) is 20.8 Å². The van der Waals surface area contributed by atoms with E-state index in [0.29, 0.717) is 6.42 Å². The third kappa shape index (κ3) is 7.29. The zero-order valence-electron chi connectivity index (χ0n) is 10.6. The number of rotatable bonds is 8. The molecule has 0 aromatic carbocycles. The van der Waals surface area contributed by atoms with E-state index in [4.69, 9.17) is 0 Å². The zero-order chi connectivity index (χ0) is 14.3. The van der Waals surface area contributed by atoms with Crippen LogP contribution in [0.25, 0.3) is 0 Å². The molecule has 0 bridgehead atoms. The van der Waals surface area contributed by atoms with Crippen LogP contribution in [0.2, 0.25) is 0 Å². The third-order valence-corrected chi connectivity index (χ3v) is 4.44. The largest absolute Gasteiger partial charge is 0.411 e. The standard InChI is InChI=1S/C12H17BrF3NOS/c1-2-17-9(3-5-18-8-12(14,15)16)7-11-10(13)4-6-19-11/h4,6,9,17H,2-3,5,7-8H2,1H3. The fourth-order valence-corrected chi connectivity index (χ4v) is 3.27. The molecular weight excluding hydrogens is 343 g/mol. The van der Waals surface area contributed by atoms with Gasteiger partial charge in [-0.25, -0.2) is 0 Å². The van der Waals surface area contributed by atoms with Crippen LogP contribution in [0.3, 0.4) is 0 Å². The maximum absolute atomic E-state index is 11.9. The molecule has 0 radical (unpaired) electrons.